The molecule has 0 saturated carbocycles. The number of anilines is 2. The van der Waals surface area contributed by atoms with Crippen LogP contribution in [0.4, 0.5) is 11.5 Å². The van der Waals surface area contributed by atoms with Crippen LogP contribution in [-0.4, -0.2) is 47.3 Å². The van der Waals surface area contributed by atoms with Crippen molar-refractivity contribution >= 4 is 11.5 Å². The maximum atomic E-state index is 5.58. The van der Waals surface area contributed by atoms with E-state index in [0.29, 0.717) is 6.04 Å². The topological polar surface area (TPSA) is 63.2 Å². The van der Waals surface area contributed by atoms with Crippen molar-refractivity contribution in [3.63, 3.8) is 0 Å². The summed E-state index contributed by atoms with van der Waals surface area (Å²) in [7, 11) is 1.77. The van der Waals surface area contributed by atoms with Crippen molar-refractivity contribution in [2.75, 3.05) is 30.4 Å². The molecule has 0 amide bonds. The van der Waals surface area contributed by atoms with E-state index in [4.69, 9.17) is 4.74 Å². The number of methoxy groups -OCH3 is 1. The molecular formula is C17H23N5O. The highest BCUT2D eigenvalue weighted by molar-refractivity contribution is 5.50. The van der Waals surface area contributed by atoms with Crippen molar-refractivity contribution < 1.29 is 4.74 Å². The summed E-state index contributed by atoms with van der Waals surface area (Å²) in [5.41, 5.74) is 3.26. The molecule has 1 fully saturated rings. The minimum Gasteiger partial charge on any atom is -0.383 e. The van der Waals surface area contributed by atoms with Crippen molar-refractivity contribution in [2.45, 2.75) is 32.4 Å². The fraction of sp³-hybridized carbons (Fsp3) is 0.471. The molecule has 1 aliphatic heterocycles. The number of rotatable bonds is 5. The van der Waals surface area contributed by atoms with E-state index in [1.54, 1.807) is 13.4 Å². The molecule has 2 aromatic rings. The second-order valence-electron chi connectivity index (χ2n) is 5.99. The molecule has 1 saturated heterocycles. The average Bonchev–Trinajstić information content (AvgIpc) is 2.97. The lowest BCUT2D eigenvalue weighted by Crippen LogP contribution is -2.35. The predicted octanol–water partition coefficient (Wildman–Crippen LogP) is 2.19. The van der Waals surface area contributed by atoms with Gasteiger partial charge in [0.1, 0.15) is 12.1 Å². The molecule has 3 heterocycles. The molecule has 6 heteroatoms. The molecular weight excluding hydrogens is 290 g/mol. The third kappa shape index (κ3) is 3.59. The number of nitrogens with zero attached hydrogens (tertiary/aromatic N) is 4. The lowest BCUT2D eigenvalue weighted by atomic mass is 10.2. The van der Waals surface area contributed by atoms with Crippen LogP contribution in [0.15, 0.2) is 30.9 Å². The number of nitrogens with one attached hydrogen (secondary N) is 1. The summed E-state index contributed by atoms with van der Waals surface area (Å²) in [4.78, 5) is 15.1. The summed E-state index contributed by atoms with van der Waals surface area (Å²) < 4.78 is 5.58. The molecule has 2 aromatic heterocycles. The number of ether oxygens (including phenoxy) is 1. The molecule has 1 N–H and O–H groups in total. The number of aryl methyl sites for hydroxylation is 2. The predicted molar refractivity (Wildman–Crippen MR) is 90.8 cm³/mol. The maximum Gasteiger partial charge on any atom is 0.132 e. The Kier molecular flexibility index (Phi) is 4.71. The molecule has 3 rings (SSSR count). The molecule has 0 radical (unpaired) electrons. The number of pyridine rings is 1. The van der Waals surface area contributed by atoms with Gasteiger partial charge in [-0.05, 0) is 31.9 Å². The highest BCUT2D eigenvalue weighted by Gasteiger charge is 2.33. The Bertz CT molecular complexity index is 663. The molecule has 0 bridgehead atoms. The molecule has 6 nitrogen and oxygen atoms in total. The van der Waals surface area contributed by atoms with Gasteiger partial charge in [0, 0.05) is 50.0 Å². The molecule has 0 aromatic carbocycles. The van der Waals surface area contributed by atoms with Crippen LogP contribution >= 0.6 is 0 Å². The molecule has 0 unspecified atom stereocenters. The first-order chi connectivity index (χ1) is 11.2. The van der Waals surface area contributed by atoms with Crippen molar-refractivity contribution in [1.29, 1.82) is 0 Å². The fourth-order valence-corrected chi connectivity index (χ4v) is 3.02. The zero-order chi connectivity index (χ0) is 16.2. The standard InChI is InChI=1S/C17H23N5O/c1-12-8-18-5-4-16(12)19-9-14-7-15(23-3)10-22(14)17-6-13(2)20-11-21-17/h4-6,8,11,14-15H,7,9-10H2,1-3H3,(H,18,19)/t14-,15-/m0/s1. The van der Waals surface area contributed by atoms with Gasteiger partial charge >= 0.3 is 0 Å². The van der Waals surface area contributed by atoms with E-state index in [1.165, 1.54) is 0 Å². The Balaban J connectivity index is 1.74. The van der Waals surface area contributed by atoms with Crippen molar-refractivity contribution in [2.24, 2.45) is 0 Å². The zero-order valence-corrected chi connectivity index (χ0v) is 13.9. The zero-order valence-electron chi connectivity index (χ0n) is 13.9. The van der Waals surface area contributed by atoms with Crippen molar-refractivity contribution in [1.82, 2.24) is 15.0 Å². The van der Waals surface area contributed by atoms with Gasteiger partial charge < -0.3 is 15.0 Å². The average molecular weight is 313 g/mol. The van der Waals surface area contributed by atoms with E-state index >= 15 is 0 Å². The minimum absolute atomic E-state index is 0.232. The van der Waals surface area contributed by atoms with E-state index in [1.807, 2.05) is 31.5 Å². The third-order valence-electron chi connectivity index (χ3n) is 4.34. The first-order valence-corrected chi connectivity index (χ1v) is 7.90. The van der Waals surface area contributed by atoms with E-state index in [0.717, 1.165) is 42.3 Å². The first kappa shape index (κ1) is 15.7. The van der Waals surface area contributed by atoms with Crippen LogP contribution in [0.5, 0.6) is 0 Å². The summed E-state index contributed by atoms with van der Waals surface area (Å²) in [6.07, 6.45) is 6.53. The van der Waals surface area contributed by atoms with Gasteiger partial charge in [-0.1, -0.05) is 0 Å². The smallest absolute Gasteiger partial charge is 0.132 e. The van der Waals surface area contributed by atoms with E-state index in [9.17, 15) is 0 Å². The van der Waals surface area contributed by atoms with Crippen LogP contribution in [-0.2, 0) is 4.74 Å². The van der Waals surface area contributed by atoms with Crippen LogP contribution in [0, 0.1) is 13.8 Å². The van der Waals surface area contributed by atoms with Gasteiger partial charge in [-0.25, -0.2) is 9.97 Å². The highest BCUT2D eigenvalue weighted by atomic mass is 16.5. The first-order valence-electron chi connectivity index (χ1n) is 7.90. The van der Waals surface area contributed by atoms with E-state index in [-0.39, 0.29) is 6.10 Å². The van der Waals surface area contributed by atoms with Crippen LogP contribution < -0.4 is 10.2 Å². The number of hydrogen-bond donors (Lipinski definition) is 1. The third-order valence-corrected chi connectivity index (χ3v) is 4.34. The summed E-state index contributed by atoms with van der Waals surface area (Å²) >= 11 is 0. The Hall–Kier alpha value is -2.21. The second kappa shape index (κ2) is 6.91. The van der Waals surface area contributed by atoms with Gasteiger partial charge in [0.2, 0.25) is 0 Å². The Morgan fingerprint density at radius 1 is 1.35 bits per heavy atom. The lowest BCUT2D eigenvalue weighted by Gasteiger charge is -2.26. The number of aromatic nitrogens is 3. The molecule has 1 aliphatic rings. The second-order valence-corrected chi connectivity index (χ2v) is 5.99. The minimum atomic E-state index is 0.232. The van der Waals surface area contributed by atoms with Crippen LogP contribution in [0.1, 0.15) is 17.7 Å². The summed E-state index contributed by atoms with van der Waals surface area (Å²) in [6.45, 7) is 5.75. The van der Waals surface area contributed by atoms with Gasteiger partial charge in [-0.15, -0.1) is 0 Å². The maximum absolute atomic E-state index is 5.58. The Labute approximate surface area is 136 Å². The normalized spacial score (nSPS) is 20.7. The van der Waals surface area contributed by atoms with E-state index in [2.05, 4.69) is 32.1 Å². The quantitative estimate of drug-likeness (QED) is 0.913. The van der Waals surface area contributed by atoms with Gasteiger partial charge in [-0.3, -0.25) is 4.98 Å². The summed E-state index contributed by atoms with van der Waals surface area (Å²) in [5.74, 6) is 0.968. The SMILES string of the molecule is CO[C@H]1C[C@@H](CNc2ccncc2C)N(c2cc(C)ncn2)C1. The van der Waals surface area contributed by atoms with Gasteiger partial charge in [-0.2, -0.15) is 0 Å². The molecule has 23 heavy (non-hydrogen) atoms. The van der Waals surface area contributed by atoms with E-state index < -0.39 is 0 Å². The molecule has 122 valence electrons. The van der Waals surface area contributed by atoms with Crippen LogP contribution in [0.2, 0.25) is 0 Å². The van der Waals surface area contributed by atoms with Gasteiger partial charge in [0.25, 0.3) is 0 Å². The monoisotopic (exact) mass is 313 g/mol. The molecule has 0 spiro atoms. The highest BCUT2D eigenvalue weighted by Crippen LogP contribution is 2.26. The van der Waals surface area contributed by atoms with Crippen LogP contribution in [0.3, 0.4) is 0 Å². The van der Waals surface area contributed by atoms with Crippen molar-refractivity contribution in [3.05, 3.63) is 42.1 Å². The lowest BCUT2D eigenvalue weighted by molar-refractivity contribution is 0.118. The fourth-order valence-electron chi connectivity index (χ4n) is 3.02. The molecule has 2 atom stereocenters. The largest absolute Gasteiger partial charge is 0.383 e. The van der Waals surface area contributed by atoms with Gasteiger partial charge in [0.15, 0.2) is 0 Å². The number of hydrogen-bond acceptors (Lipinski definition) is 6. The van der Waals surface area contributed by atoms with Gasteiger partial charge in [0.05, 0.1) is 12.1 Å². The van der Waals surface area contributed by atoms with Crippen LogP contribution in [0.25, 0.3) is 0 Å². The van der Waals surface area contributed by atoms with Crippen molar-refractivity contribution in [3.8, 4) is 0 Å². The Morgan fingerprint density at radius 2 is 2.22 bits per heavy atom. The summed E-state index contributed by atoms with van der Waals surface area (Å²) in [5, 5.41) is 3.53. The Morgan fingerprint density at radius 3 is 2.96 bits per heavy atom. The summed E-state index contributed by atoms with van der Waals surface area (Å²) in [6, 6.07) is 4.38. The molecule has 0 aliphatic carbocycles.